The van der Waals surface area contributed by atoms with Gasteiger partial charge in [0.2, 0.25) is 5.91 Å². The van der Waals surface area contributed by atoms with Crippen molar-refractivity contribution >= 4 is 5.91 Å². The number of carbonyl (C=O) groups excluding carboxylic acids is 1. The molecule has 2 N–H and O–H groups in total. The van der Waals surface area contributed by atoms with Crippen LogP contribution < -0.4 is 5.73 Å². The van der Waals surface area contributed by atoms with E-state index in [-0.39, 0.29) is 18.0 Å². The largest absolute Gasteiger partial charge is 0.343 e. The van der Waals surface area contributed by atoms with E-state index in [1.165, 1.54) is 0 Å². The van der Waals surface area contributed by atoms with E-state index < -0.39 is 0 Å². The van der Waals surface area contributed by atoms with Gasteiger partial charge in [0.15, 0.2) is 0 Å². The Morgan fingerprint density at radius 1 is 1.33 bits per heavy atom. The number of rotatable bonds is 3. The molecule has 18 heavy (non-hydrogen) atoms. The van der Waals surface area contributed by atoms with E-state index in [2.05, 4.69) is 9.88 Å². The molecule has 2 atom stereocenters. The van der Waals surface area contributed by atoms with Crippen LogP contribution >= 0.6 is 0 Å². The standard InChI is InChI=1S/C13H20N4O/c1-10(14)13(11-3-5-15-6-4-11)17-8-7-16(2)12(18)9-17/h3-6,10,13H,7-9,14H2,1-2H3. The van der Waals surface area contributed by atoms with Crippen molar-refractivity contribution in [1.82, 2.24) is 14.8 Å². The molecule has 5 heteroatoms. The first-order valence-electron chi connectivity index (χ1n) is 6.23. The summed E-state index contributed by atoms with van der Waals surface area (Å²) in [7, 11) is 1.84. The average Bonchev–Trinajstić information content (AvgIpc) is 2.35. The minimum Gasteiger partial charge on any atom is -0.343 e. The number of likely N-dealkylation sites (N-methyl/N-ethyl adjacent to an activating group) is 1. The molecule has 0 radical (unpaired) electrons. The van der Waals surface area contributed by atoms with Crippen LogP contribution in [-0.2, 0) is 4.79 Å². The molecule has 0 saturated carbocycles. The molecule has 2 heterocycles. The second kappa shape index (κ2) is 5.46. The Morgan fingerprint density at radius 2 is 2.00 bits per heavy atom. The van der Waals surface area contributed by atoms with Gasteiger partial charge in [0.25, 0.3) is 0 Å². The molecule has 1 aliphatic rings. The van der Waals surface area contributed by atoms with Crippen molar-refractivity contribution < 1.29 is 4.79 Å². The van der Waals surface area contributed by atoms with Crippen LogP contribution in [0.2, 0.25) is 0 Å². The van der Waals surface area contributed by atoms with Crippen LogP contribution in [0.25, 0.3) is 0 Å². The van der Waals surface area contributed by atoms with E-state index in [1.54, 1.807) is 17.3 Å². The number of hydrogen-bond donors (Lipinski definition) is 1. The minimum absolute atomic E-state index is 0.0244. The SMILES string of the molecule is CC(N)C(c1ccncc1)N1CCN(C)C(=O)C1. The minimum atomic E-state index is -0.0244. The number of amides is 1. The number of hydrogen-bond acceptors (Lipinski definition) is 4. The summed E-state index contributed by atoms with van der Waals surface area (Å²) < 4.78 is 0. The number of nitrogens with two attached hydrogens (primary N) is 1. The molecule has 5 nitrogen and oxygen atoms in total. The molecule has 1 aliphatic heterocycles. The van der Waals surface area contributed by atoms with Crippen molar-refractivity contribution in [3.63, 3.8) is 0 Å². The smallest absolute Gasteiger partial charge is 0.236 e. The highest BCUT2D eigenvalue weighted by Crippen LogP contribution is 2.24. The number of nitrogens with zero attached hydrogens (tertiary/aromatic N) is 3. The zero-order chi connectivity index (χ0) is 13.1. The molecular formula is C13H20N4O. The fraction of sp³-hybridized carbons (Fsp3) is 0.538. The molecule has 1 saturated heterocycles. The number of aromatic nitrogens is 1. The maximum absolute atomic E-state index is 11.8. The number of piperazine rings is 1. The van der Waals surface area contributed by atoms with Gasteiger partial charge < -0.3 is 10.6 Å². The first-order chi connectivity index (χ1) is 8.59. The molecule has 2 unspecified atom stereocenters. The normalized spacial score (nSPS) is 20.8. The van der Waals surface area contributed by atoms with Crippen molar-refractivity contribution in [1.29, 1.82) is 0 Å². The Hall–Kier alpha value is -1.46. The monoisotopic (exact) mass is 248 g/mol. The fourth-order valence-corrected chi connectivity index (χ4v) is 2.42. The summed E-state index contributed by atoms with van der Waals surface area (Å²) >= 11 is 0. The molecular weight excluding hydrogens is 228 g/mol. The van der Waals surface area contributed by atoms with Crippen molar-refractivity contribution in [3.05, 3.63) is 30.1 Å². The second-order valence-corrected chi connectivity index (χ2v) is 4.87. The predicted octanol–water partition coefficient (Wildman–Crippen LogP) is 0.244. The zero-order valence-electron chi connectivity index (χ0n) is 10.9. The van der Waals surface area contributed by atoms with Crippen molar-refractivity contribution in [3.8, 4) is 0 Å². The Bertz CT molecular complexity index is 407. The summed E-state index contributed by atoms with van der Waals surface area (Å²) in [6.07, 6.45) is 3.53. The first-order valence-corrected chi connectivity index (χ1v) is 6.23. The highest BCUT2D eigenvalue weighted by molar-refractivity contribution is 5.78. The lowest BCUT2D eigenvalue weighted by Gasteiger charge is -2.39. The summed E-state index contributed by atoms with van der Waals surface area (Å²) in [5.74, 6) is 0.154. The zero-order valence-corrected chi connectivity index (χ0v) is 10.9. The van der Waals surface area contributed by atoms with Gasteiger partial charge in [0, 0.05) is 38.6 Å². The van der Waals surface area contributed by atoms with Gasteiger partial charge in [-0.05, 0) is 24.6 Å². The van der Waals surface area contributed by atoms with Crippen LogP contribution in [0.15, 0.2) is 24.5 Å². The molecule has 1 aromatic heterocycles. The maximum atomic E-state index is 11.8. The maximum Gasteiger partial charge on any atom is 0.236 e. The molecule has 98 valence electrons. The van der Waals surface area contributed by atoms with Gasteiger partial charge in [-0.25, -0.2) is 0 Å². The highest BCUT2D eigenvalue weighted by Gasteiger charge is 2.30. The lowest BCUT2D eigenvalue weighted by molar-refractivity contribution is -0.135. The van der Waals surface area contributed by atoms with Gasteiger partial charge in [-0.2, -0.15) is 0 Å². The van der Waals surface area contributed by atoms with Crippen molar-refractivity contribution in [2.45, 2.75) is 19.0 Å². The molecule has 1 aromatic rings. The van der Waals surface area contributed by atoms with E-state index in [9.17, 15) is 4.79 Å². The van der Waals surface area contributed by atoms with Crippen LogP contribution in [0.4, 0.5) is 0 Å². The van der Waals surface area contributed by atoms with Gasteiger partial charge in [-0.15, -0.1) is 0 Å². The average molecular weight is 248 g/mol. The summed E-state index contributed by atoms with van der Waals surface area (Å²) in [6, 6.07) is 3.99. The topological polar surface area (TPSA) is 62.5 Å². The Balaban J connectivity index is 2.19. The second-order valence-electron chi connectivity index (χ2n) is 4.87. The van der Waals surface area contributed by atoms with E-state index in [1.807, 2.05) is 26.1 Å². The molecule has 1 amide bonds. The van der Waals surface area contributed by atoms with Gasteiger partial charge in [-0.1, -0.05) is 0 Å². The van der Waals surface area contributed by atoms with Crippen LogP contribution in [0.1, 0.15) is 18.5 Å². The first kappa shape index (κ1) is 13.0. The van der Waals surface area contributed by atoms with Crippen LogP contribution in [0.3, 0.4) is 0 Å². The number of carbonyl (C=O) groups is 1. The highest BCUT2D eigenvalue weighted by atomic mass is 16.2. The summed E-state index contributed by atoms with van der Waals surface area (Å²) in [5, 5.41) is 0. The number of pyridine rings is 1. The molecule has 0 aliphatic carbocycles. The lowest BCUT2D eigenvalue weighted by Crippen LogP contribution is -2.52. The Kier molecular flexibility index (Phi) is 3.93. The molecule has 0 aromatic carbocycles. The quantitative estimate of drug-likeness (QED) is 0.832. The molecule has 2 rings (SSSR count). The van der Waals surface area contributed by atoms with Gasteiger partial charge >= 0.3 is 0 Å². The Labute approximate surface area is 108 Å². The fourth-order valence-electron chi connectivity index (χ4n) is 2.42. The van der Waals surface area contributed by atoms with Gasteiger partial charge in [0.1, 0.15) is 0 Å². The third kappa shape index (κ3) is 2.68. The summed E-state index contributed by atoms with van der Waals surface area (Å²) in [6.45, 7) is 4.03. The van der Waals surface area contributed by atoms with E-state index >= 15 is 0 Å². The summed E-state index contributed by atoms with van der Waals surface area (Å²) in [4.78, 5) is 19.7. The van der Waals surface area contributed by atoms with Crippen LogP contribution in [0, 0.1) is 0 Å². The van der Waals surface area contributed by atoms with Crippen LogP contribution in [0.5, 0.6) is 0 Å². The van der Waals surface area contributed by atoms with Gasteiger partial charge in [-0.3, -0.25) is 14.7 Å². The van der Waals surface area contributed by atoms with E-state index in [4.69, 9.17) is 5.73 Å². The van der Waals surface area contributed by atoms with Gasteiger partial charge in [0.05, 0.1) is 12.6 Å². The molecule has 1 fully saturated rings. The lowest BCUT2D eigenvalue weighted by atomic mass is 9.99. The van der Waals surface area contributed by atoms with Crippen molar-refractivity contribution in [2.75, 3.05) is 26.7 Å². The third-order valence-corrected chi connectivity index (χ3v) is 3.43. The Morgan fingerprint density at radius 3 is 2.56 bits per heavy atom. The van der Waals surface area contributed by atoms with E-state index in [0.717, 1.165) is 18.7 Å². The molecule has 0 spiro atoms. The van der Waals surface area contributed by atoms with E-state index in [0.29, 0.717) is 6.54 Å². The van der Waals surface area contributed by atoms with Crippen LogP contribution in [-0.4, -0.2) is 53.4 Å². The molecule has 0 bridgehead atoms. The predicted molar refractivity (Wildman–Crippen MR) is 69.8 cm³/mol. The van der Waals surface area contributed by atoms with Crippen molar-refractivity contribution in [2.24, 2.45) is 5.73 Å². The third-order valence-electron chi connectivity index (χ3n) is 3.43. The summed E-state index contributed by atoms with van der Waals surface area (Å²) in [5.41, 5.74) is 7.22.